The summed E-state index contributed by atoms with van der Waals surface area (Å²) in [4.78, 5) is 12.5. The van der Waals surface area contributed by atoms with Crippen LogP contribution in [-0.2, 0) is 4.74 Å². The fourth-order valence-corrected chi connectivity index (χ4v) is 3.82. The van der Waals surface area contributed by atoms with Crippen molar-refractivity contribution in [3.8, 4) is 17.2 Å². The number of hydrogen-bond acceptors (Lipinski definition) is 3. The third-order valence-corrected chi connectivity index (χ3v) is 5.19. The van der Waals surface area contributed by atoms with E-state index in [4.69, 9.17) is 10.00 Å². The van der Waals surface area contributed by atoms with E-state index >= 15 is 0 Å². The Hall–Kier alpha value is -3.84. The zero-order valence-corrected chi connectivity index (χ0v) is 16.1. The number of amides is 1. The molecule has 0 atom stereocenters. The average molecular weight is 380 g/mol. The molecular weight excluding hydrogens is 360 g/mol. The van der Waals surface area contributed by atoms with Gasteiger partial charge in [0.2, 0.25) is 0 Å². The molecule has 1 N–H and O–H groups in total. The lowest BCUT2D eigenvalue weighted by Gasteiger charge is -2.16. The molecule has 0 fully saturated rings. The van der Waals surface area contributed by atoms with Crippen molar-refractivity contribution in [2.75, 3.05) is 11.9 Å². The standard InChI is InChI=1S/C25H20N2O2/c1-16(2)22-13-17(14-26)11-12-24(22)27-25(28)29-15-23-20-9-5-3-7-18(20)19-8-4-6-10-21(19)23/h3-13,23H,1,15H2,2H3,(H,27,28). The van der Waals surface area contributed by atoms with Gasteiger partial charge in [-0.2, -0.15) is 5.26 Å². The second-order valence-electron chi connectivity index (χ2n) is 7.10. The lowest BCUT2D eigenvalue weighted by Crippen LogP contribution is -2.18. The Morgan fingerprint density at radius 1 is 1.07 bits per heavy atom. The summed E-state index contributed by atoms with van der Waals surface area (Å²) in [5.74, 6) is 0.00901. The number of carbonyl (C=O) groups excluding carboxylic acids is 1. The number of rotatable bonds is 4. The van der Waals surface area contributed by atoms with E-state index in [1.807, 2.05) is 31.2 Å². The molecule has 0 unspecified atom stereocenters. The number of fused-ring (bicyclic) bond motifs is 3. The van der Waals surface area contributed by atoms with Crippen LogP contribution in [0.5, 0.6) is 0 Å². The predicted molar refractivity (Wildman–Crippen MR) is 115 cm³/mol. The summed E-state index contributed by atoms with van der Waals surface area (Å²) >= 11 is 0. The number of ether oxygens (including phenoxy) is 1. The first-order valence-electron chi connectivity index (χ1n) is 9.40. The quantitative estimate of drug-likeness (QED) is 0.608. The van der Waals surface area contributed by atoms with Crippen molar-refractivity contribution in [2.24, 2.45) is 0 Å². The van der Waals surface area contributed by atoms with Gasteiger partial charge < -0.3 is 4.74 Å². The minimum atomic E-state index is -0.529. The van der Waals surface area contributed by atoms with E-state index in [2.05, 4.69) is 42.2 Å². The summed E-state index contributed by atoms with van der Waals surface area (Å²) < 4.78 is 5.59. The van der Waals surface area contributed by atoms with E-state index in [1.165, 1.54) is 22.3 Å². The zero-order valence-electron chi connectivity index (χ0n) is 16.1. The van der Waals surface area contributed by atoms with Crippen LogP contribution in [0.4, 0.5) is 10.5 Å². The highest BCUT2D eigenvalue weighted by molar-refractivity contribution is 5.90. The second-order valence-corrected chi connectivity index (χ2v) is 7.10. The SMILES string of the molecule is C=C(C)c1cc(C#N)ccc1NC(=O)OCC1c2ccccc2-c2ccccc21. The van der Waals surface area contributed by atoms with Gasteiger partial charge >= 0.3 is 6.09 Å². The maximum absolute atomic E-state index is 12.5. The molecule has 1 amide bonds. The fourth-order valence-electron chi connectivity index (χ4n) is 3.82. The van der Waals surface area contributed by atoms with E-state index in [1.54, 1.807) is 18.2 Å². The number of nitrogens with zero attached hydrogens (tertiary/aromatic N) is 1. The first-order chi connectivity index (χ1) is 14.1. The fraction of sp³-hybridized carbons (Fsp3) is 0.120. The summed E-state index contributed by atoms with van der Waals surface area (Å²) in [6.07, 6.45) is -0.529. The molecule has 0 heterocycles. The molecule has 4 rings (SSSR count). The van der Waals surface area contributed by atoms with Gasteiger partial charge in [-0.05, 0) is 52.9 Å². The first-order valence-corrected chi connectivity index (χ1v) is 9.40. The number of hydrogen-bond donors (Lipinski definition) is 1. The summed E-state index contributed by atoms with van der Waals surface area (Å²) in [6.45, 7) is 6.01. The smallest absolute Gasteiger partial charge is 0.411 e. The van der Waals surface area contributed by atoms with Crippen molar-refractivity contribution < 1.29 is 9.53 Å². The first kappa shape index (κ1) is 18.5. The van der Waals surface area contributed by atoms with E-state index in [0.29, 0.717) is 11.3 Å². The van der Waals surface area contributed by atoms with Gasteiger partial charge in [0.1, 0.15) is 6.61 Å². The minimum absolute atomic E-state index is 0.00901. The Kier molecular flexibility index (Phi) is 4.88. The molecule has 1 aliphatic carbocycles. The highest BCUT2D eigenvalue weighted by Crippen LogP contribution is 2.44. The van der Waals surface area contributed by atoms with Gasteiger partial charge in [-0.15, -0.1) is 0 Å². The monoisotopic (exact) mass is 380 g/mol. The number of nitrogens with one attached hydrogen (secondary N) is 1. The molecule has 0 radical (unpaired) electrons. The van der Waals surface area contributed by atoms with Gasteiger partial charge in [0, 0.05) is 11.5 Å². The normalized spacial score (nSPS) is 11.9. The predicted octanol–water partition coefficient (Wildman–Crippen LogP) is 5.95. The largest absolute Gasteiger partial charge is 0.448 e. The molecule has 0 aromatic heterocycles. The molecule has 3 aromatic carbocycles. The van der Waals surface area contributed by atoms with Gasteiger partial charge in [0.25, 0.3) is 0 Å². The second kappa shape index (κ2) is 7.65. The van der Waals surface area contributed by atoms with Gasteiger partial charge in [0.15, 0.2) is 0 Å². The van der Waals surface area contributed by atoms with Crippen LogP contribution in [0.2, 0.25) is 0 Å². The van der Waals surface area contributed by atoms with Crippen LogP contribution >= 0.6 is 0 Å². The Bertz CT molecular complexity index is 1110. The molecule has 4 nitrogen and oxygen atoms in total. The molecule has 0 bridgehead atoms. The lowest BCUT2D eigenvalue weighted by atomic mass is 9.98. The molecular formula is C25H20N2O2. The van der Waals surface area contributed by atoms with E-state index in [0.717, 1.165) is 11.1 Å². The van der Waals surface area contributed by atoms with Gasteiger partial charge in [-0.25, -0.2) is 4.79 Å². The molecule has 0 aliphatic heterocycles. The van der Waals surface area contributed by atoms with Crippen molar-refractivity contribution in [3.05, 3.63) is 95.6 Å². The lowest BCUT2D eigenvalue weighted by molar-refractivity contribution is 0.158. The van der Waals surface area contributed by atoms with E-state index < -0.39 is 6.09 Å². The number of carbonyl (C=O) groups is 1. The Labute approximate surface area is 170 Å². The molecule has 0 saturated carbocycles. The number of nitriles is 1. The number of allylic oxidation sites excluding steroid dienone is 1. The molecule has 0 saturated heterocycles. The molecule has 3 aromatic rings. The van der Waals surface area contributed by atoms with Gasteiger partial charge in [-0.1, -0.05) is 55.1 Å². The number of anilines is 1. The van der Waals surface area contributed by atoms with Crippen LogP contribution in [0, 0.1) is 11.3 Å². The number of benzene rings is 3. The summed E-state index contributed by atoms with van der Waals surface area (Å²) in [7, 11) is 0. The molecule has 4 heteroatoms. The maximum atomic E-state index is 12.5. The highest BCUT2D eigenvalue weighted by Gasteiger charge is 2.29. The summed E-state index contributed by atoms with van der Waals surface area (Å²) in [6, 6.07) is 23.6. The summed E-state index contributed by atoms with van der Waals surface area (Å²) in [5, 5.41) is 11.9. The zero-order chi connectivity index (χ0) is 20.4. The van der Waals surface area contributed by atoms with Crippen LogP contribution < -0.4 is 5.32 Å². The van der Waals surface area contributed by atoms with Crippen molar-refractivity contribution in [2.45, 2.75) is 12.8 Å². The van der Waals surface area contributed by atoms with Crippen LogP contribution in [0.25, 0.3) is 16.7 Å². The molecule has 142 valence electrons. The van der Waals surface area contributed by atoms with Gasteiger partial charge in [-0.3, -0.25) is 5.32 Å². The van der Waals surface area contributed by atoms with Crippen LogP contribution in [-0.4, -0.2) is 12.7 Å². The van der Waals surface area contributed by atoms with Crippen molar-refractivity contribution in [1.82, 2.24) is 0 Å². The molecule has 1 aliphatic rings. The minimum Gasteiger partial charge on any atom is -0.448 e. The van der Waals surface area contributed by atoms with E-state index in [-0.39, 0.29) is 12.5 Å². The molecule has 29 heavy (non-hydrogen) atoms. The Morgan fingerprint density at radius 2 is 1.69 bits per heavy atom. The Balaban J connectivity index is 1.52. The van der Waals surface area contributed by atoms with Crippen LogP contribution in [0.1, 0.15) is 35.1 Å². The van der Waals surface area contributed by atoms with Crippen molar-refractivity contribution >= 4 is 17.4 Å². The highest BCUT2D eigenvalue weighted by atomic mass is 16.5. The average Bonchev–Trinajstić information content (AvgIpc) is 3.06. The molecule has 0 spiro atoms. The maximum Gasteiger partial charge on any atom is 0.411 e. The topological polar surface area (TPSA) is 62.1 Å². The van der Waals surface area contributed by atoms with E-state index in [9.17, 15) is 4.79 Å². The van der Waals surface area contributed by atoms with Crippen LogP contribution in [0.15, 0.2) is 73.3 Å². The van der Waals surface area contributed by atoms with Crippen molar-refractivity contribution in [1.29, 1.82) is 5.26 Å². The third-order valence-electron chi connectivity index (χ3n) is 5.19. The van der Waals surface area contributed by atoms with Crippen molar-refractivity contribution in [3.63, 3.8) is 0 Å². The summed E-state index contributed by atoms with van der Waals surface area (Å²) in [5.41, 5.74) is 7.29. The van der Waals surface area contributed by atoms with Gasteiger partial charge in [0.05, 0.1) is 17.3 Å². The Morgan fingerprint density at radius 3 is 2.28 bits per heavy atom. The third kappa shape index (κ3) is 3.51. The van der Waals surface area contributed by atoms with Crippen LogP contribution in [0.3, 0.4) is 0 Å².